The molecule has 0 bridgehead atoms. The third-order valence-corrected chi connectivity index (χ3v) is 6.60. The number of aryl methyl sites for hydroxylation is 2. The van der Waals surface area contributed by atoms with Crippen LogP contribution in [-0.2, 0) is 10.0 Å². The zero-order valence-corrected chi connectivity index (χ0v) is 19.8. The predicted octanol–water partition coefficient (Wildman–Crippen LogP) is 4.01. The number of anilines is 3. The van der Waals surface area contributed by atoms with Crippen LogP contribution in [0.15, 0.2) is 90.1 Å². The van der Waals surface area contributed by atoms with Gasteiger partial charge in [0.1, 0.15) is 0 Å². The van der Waals surface area contributed by atoms with Gasteiger partial charge in [0.2, 0.25) is 0 Å². The predicted molar refractivity (Wildman–Crippen MR) is 133 cm³/mol. The highest BCUT2D eigenvalue weighted by Crippen LogP contribution is 2.21. The molecule has 0 saturated carbocycles. The molecular formula is C24H22N8O2S. The SMILES string of the molecule is Cc1cc(C)n(-c2ccc(Nc3ccc(NS(=O)(=O)c4ccc(-n5cccn5)cc4)cc3)nn2)n1. The number of rotatable bonds is 7. The van der Waals surface area contributed by atoms with Gasteiger partial charge < -0.3 is 5.32 Å². The van der Waals surface area contributed by atoms with Crippen LogP contribution in [0.5, 0.6) is 0 Å². The average molecular weight is 487 g/mol. The molecule has 0 fully saturated rings. The number of benzene rings is 2. The summed E-state index contributed by atoms with van der Waals surface area (Å²) >= 11 is 0. The molecule has 10 nitrogen and oxygen atoms in total. The van der Waals surface area contributed by atoms with Crippen LogP contribution in [0.2, 0.25) is 0 Å². The second-order valence-corrected chi connectivity index (χ2v) is 9.55. The van der Waals surface area contributed by atoms with Gasteiger partial charge in [-0.05, 0) is 86.6 Å². The Kier molecular flexibility index (Phi) is 5.75. The molecule has 35 heavy (non-hydrogen) atoms. The standard InChI is InChI=1S/C24H22N8O2S/c1-17-16-18(2)32(29-17)24-13-12-23(27-28-24)26-19-4-6-20(7-5-19)30-35(33,34)22-10-8-21(9-11-22)31-15-3-14-25-31/h3-16,30H,1-2H3,(H,26,27). The van der Waals surface area contributed by atoms with E-state index in [0.717, 1.165) is 22.8 Å². The zero-order valence-electron chi connectivity index (χ0n) is 19.0. The summed E-state index contributed by atoms with van der Waals surface area (Å²) in [6.45, 7) is 3.88. The second-order valence-electron chi connectivity index (χ2n) is 7.87. The normalized spacial score (nSPS) is 11.4. The Hall–Kier alpha value is -4.51. The molecule has 0 aliphatic carbocycles. The largest absolute Gasteiger partial charge is 0.339 e. The molecule has 5 rings (SSSR count). The molecule has 0 atom stereocenters. The Morgan fingerprint density at radius 1 is 0.857 bits per heavy atom. The van der Waals surface area contributed by atoms with Gasteiger partial charge in [0.15, 0.2) is 11.6 Å². The van der Waals surface area contributed by atoms with Gasteiger partial charge in [0.05, 0.1) is 16.3 Å². The summed E-state index contributed by atoms with van der Waals surface area (Å²) in [4.78, 5) is 0.161. The van der Waals surface area contributed by atoms with Crippen LogP contribution in [0, 0.1) is 13.8 Å². The molecule has 0 saturated heterocycles. The highest BCUT2D eigenvalue weighted by molar-refractivity contribution is 7.92. The number of nitrogens with zero attached hydrogens (tertiary/aromatic N) is 6. The van der Waals surface area contributed by atoms with Crippen LogP contribution in [0.3, 0.4) is 0 Å². The minimum atomic E-state index is -3.73. The fourth-order valence-corrected chi connectivity index (χ4v) is 4.61. The van der Waals surface area contributed by atoms with Gasteiger partial charge in [-0.1, -0.05) is 0 Å². The summed E-state index contributed by atoms with van der Waals surface area (Å²) in [5, 5.41) is 20.1. The number of sulfonamides is 1. The topological polar surface area (TPSA) is 120 Å². The summed E-state index contributed by atoms with van der Waals surface area (Å²) in [7, 11) is -3.73. The fraction of sp³-hybridized carbons (Fsp3) is 0.0833. The smallest absolute Gasteiger partial charge is 0.261 e. The number of hydrogen-bond acceptors (Lipinski definition) is 7. The number of nitrogens with one attached hydrogen (secondary N) is 2. The van der Waals surface area contributed by atoms with E-state index in [2.05, 4.69) is 30.4 Å². The van der Waals surface area contributed by atoms with Gasteiger partial charge in [-0.2, -0.15) is 10.2 Å². The first-order valence-corrected chi connectivity index (χ1v) is 12.2. The molecule has 3 heterocycles. The van der Waals surface area contributed by atoms with Crippen molar-refractivity contribution in [3.05, 3.63) is 96.6 Å². The zero-order chi connectivity index (χ0) is 24.4. The molecule has 176 valence electrons. The lowest BCUT2D eigenvalue weighted by Gasteiger charge is -2.10. The van der Waals surface area contributed by atoms with E-state index in [-0.39, 0.29) is 4.90 Å². The third kappa shape index (κ3) is 4.89. The second kappa shape index (κ2) is 9.03. The molecule has 2 aromatic carbocycles. The molecule has 3 aromatic heterocycles. The minimum Gasteiger partial charge on any atom is -0.339 e. The van der Waals surface area contributed by atoms with Crippen LogP contribution in [0.1, 0.15) is 11.4 Å². The van der Waals surface area contributed by atoms with Gasteiger partial charge in [-0.25, -0.2) is 17.8 Å². The Morgan fingerprint density at radius 3 is 2.20 bits per heavy atom. The molecule has 11 heteroatoms. The molecule has 0 aliphatic heterocycles. The molecule has 0 unspecified atom stereocenters. The summed E-state index contributed by atoms with van der Waals surface area (Å²) in [5.41, 5.74) is 3.84. The molecule has 2 N–H and O–H groups in total. The van der Waals surface area contributed by atoms with Crippen molar-refractivity contribution in [3.8, 4) is 11.5 Å². The van der Waals surface area contributed by atoms with E-state index >= 15 is 0 Å². The van der Waals surface area contributed by atoms with Crippen LogP contribution >= 0.6 is 0 Å². The molecule has 5 aromatic rings. The Labute approximate surface area is 202 Å². The van der Waals surface area contributed by atoms with Crippen molar-refractivity contribution in [2.45, 2.75) is 18.7 Å². The first kappa shape index (κ1) is 22.3. The van der Waals surface area contributed by atoms with E-state index in [9.17, 15) is 8.42 Å². The van der Waals surface area contributed by atoms with Crippen LogP contribution in [0.4, 0.5) is 17.2 Å². The average Bonchev–Trinajstić information content (AvgIpc) is 3.50. The first-order valence-electron chi connectivity index (χ1n) is 10.7. The summed E-state index contributed by atoms with van der Waals surface area (Å²) < 4.78 is 31.5. The van der Waals surface area contributed by atoms with Gasteiger partial charge in [0, 0.05) is 29.5 Å². The lowest BCUT2D eigenvalue weighted by atomic mass is 10.3. The quantitative estimate of drug-likeness (QED) is 0.357. The molecular weight excluding hydrogens is 464 g/mol. The molecule has 0 aliphatic rings. The van der Waals surface area contributed by atoms with E-state index in [4.69, 9.17) is 0 Å². The van der Waals surface area contributed by atoms with Crippen LogP contribution in [-0.4, -0.2) is 38.2 Å². The van der Waals surface area contributed by atoms with E-state index in [1.165, 1.54) is 0 Å². The number of aromatic nitrogens is 6. The van der Waals surface area contributed by atoms with E-state index in [1.54, 1.807) is 76.4 Å². The highest BCUT2D eigenvalue weighted by Gasteiger charge is 2.14. The Balaban J connectivity index is 1.24. The maximum atomic E-state index is 12.8. The van der Waals surface area contributed by atoms with Gasteiger partial charge in [-0.3, -0.25) is 4.72 Å². The van der Waals surface area contributed by atoms with Crippen molar-refractivity contribution in [1.29, 1.82) is 0 Å². The van der Waals surface area contributed by atoms with E-state index in [1.807, 2.05) is 32.0 Å². The first-order chi connectivity index (χ1) is 16.9. The maximum absolute atomic E-state index is 12.8. The van der Waals surface area contributed by atoms with Crippen molar-refractivity contribution < 1.29 is 8.42 Å². The van der Waals surface area contributed by atoms with Crippen molar-refractivity contribution >= 4 is 27.2 Å². The van der Waals surface area contributed by atoms with Crippen molar-refractivity contribution in [3.63, 3.8) is 0 Å². The number of hydrogen-bond donors (Lipinski definition) is 2. The summed E-state index contributed by atoms with van der Waals surface area (Å²) in [5.74, 6) is 1.18. The highest BCUT2D eigenvalue weighted by atomic mass is 32.2. The summed E-state index contributed by atoms with van der Waals surface area (Å²) in [6.07, 6.45) is 3.45. The van der Waals surface area contributed by atoms with Crippen LogP contribution in [0.25, 0.3) is 11.5 Å². The molecule has 0 spiro atoms. The maximum Gasteiger partial charge on any atom is 0.261 e. The van der Waals surface area contributed by atoms with Crippen molar-refractivity contribution in [2.75, 3.05) is 10.0 Å². The Morgan fingerprint density at radius 2 is 1.60 bits per heavy atom. The fourth-order valence-electron chi connectivity index (χ4n) is 3.55. The Bertz CT molecular complexity index is 1540. The minimum absolute atomic E-state index is 0.161. The van der Waals surface area contributed by atoms with Gasteiger partial charge >= 0.3 is 0 Å². The van der Waals surface area contributed by atoms with Crippen molar-refractivity contribution in [2.24, 2.45) is 0 Å². The van der Waals surface area contributed by atoms with E-state index < -0.39 is 10.0 Å². The van der Waals surface area contributed by atoms with E-state index in [0.29, 0.717) is 17.3 Å². The van der Waals surface area contributed by atoms with Gasteiger partial charge in [0.25, 0.3) is 10.0 Å². The van der Waals surface area contributed by atoms with Crippen LogP contribution < -0.4 is 10.0 Å². The lowest BCUT2D eigenvalue weighted by Crippen LogP contribution is -2.13. The molecule has 0 amide bonds. The summed E-state index contributed by atoms with van der Waals surface area (Å²) in [6, 6.07) is 20.8. The van der Waals surface area contributed by atoms with Gasteiger partial charge in [-0.15, -0.1) is 10.2 Å². The monoisotopic (exact) mass is 486 g/mol. The van der Waals surface area contributed by atoms with Crippen molar-refractivity contribution in [1.82, 2.24) is 29.8 Å². The molecule has 0 radical (unpaired) electrons. The third-order valence-electron chi connectivity index (χ3n) is 5.20. The lowest BCUT2D eigenvalue weighted by molar-refractivity contribution is 0.601.